The fraction of sp³-hybridized carbons (Fsp3) is 0.200. The van der Waals surface area contributed by atoms with Crippen LogP contribution in [0.2, 0.25) is 0 Å². The number of hydrogen-bond acceptors (Lipinski definition) is 3. The molecular weight excluding hydrogens is 166 g/mol. The number of hydrogen-bond donors (Lipinski definition) is 1. The van der Waals surface area contributed by atoms with E-state index in [4.69, 9.17) is 5.26 Å². The molecule has 0 atom stereocenters. The second kappa shape index (κ2) is 3.72. The van der Waals surface area contributed by atoms with Crippen LogP contribution >= 0.6 is 0 Å². The number of carbonyl (C=O) groups is 1. The molecule has 1 rings (SSSR count). The standard InChI is InChI=1S/C10H9NO2/c1-2-9(12)8-4-3-7(6-11)5-10(8)13/h3-5,13H,2H2,1H3. The summed E-state index contributed by atoms with van der Waals surface area (Å²) in [6.45, 7) is 1.72. The molecule has 0 bridgehead atoms. The molecule has 0 aliphatic carbocycles. The van der Waals surface area contributed by atoms with E-state index in [0.717, 1.165) is 0 Å². The summed E-state index contributed by atoms with van der Waals surface area (Å²) in [5, 5.41) is 17.9. The van der Waals surface area contributed by atoms with Crippen LogP contribution in [0.4, 0.5) is 0 Å². The number of aromatic hydroxyl groups is 1. The van der Waals surface area contributed by atoms with Crippen LogP contribution in [0.15, 0.2) is 18.2 Å². The highest BCUT2D eigenvalue weighted by molar-refractivity contribution is 5.98. The minimum atomic E-state index is -0.123. The lowest BCUT2D eigenvalue weighted by Gasteiger charge is -2.00. The average molecular weight is 175 g/mol. The van der Waals surface area contributed by atoms with Gasteiger partial charge in [0.2, 0.25) is 0 Å². The van der Waals surface area contributed by atoms with Crippen LogP contribution in [0.5, 0.6) is 5.75 Å². The number of nitriles is 1. The normalized spacial score (nSPS) is 9.23. The van der Waals surface area contributed by atoms with Gasteiger partial charge in [-0.3, -0.25) is 4.79 Å². The number of phenols is 1. The topological polar surface area (TPSA) is 61.1 Å². The smallest absolute Gasteiger partial charge is 0.166 e. The highest BCUT2D eigenvalue weighted by Gasteiger charge is 2.08. The van der Waals surface area contributed by atoms with E-state index >= 15 is 0 Å². The first-order valence-electron chi connectivity index (χ1n) is 3.95. The van der Waals surface area contributed by atoms with E-state index in [1.807, 2.05) is 6.07 Å². The summed E-state index contributed by atoms with van der Waals surface area (Å²) in [4.78, 5) is 11.2. The van der Waals surface area contributed by atoms with Crippen LogP contribution in [-0.4, -0.2) is 10.9 Å². The largest absolute Gasteiger partial charge is 0.507 e. The Bertz CT molecular complexity index is 377. The van der Waals surface area contributed by atoms with Gasteiger partial charge in [0.25, 0.3) is 0 Å². The summed E-state index contributed by atoms with van der Waals surface area (Å²) in [6, 6.07) is 6.16. The fourth-order valence-electron chi connectivity index (χ4n) is 1.03. The molecule has 0 unspecified atom stereocenters. The Morgan fingerprint density at radius 1 is 1.62 bits per heavy atom. The molecule has 0 saturated carbocycles. The predicted molar refractivity (Wildman–Crippen MR) is 47.4 cm³/mol. The molecule has 0 saturated heterocycles. The Balaban J connectivity index is 3.14. The van der Waals surface area contributed by atoms with E-state index in [2.05, 4.69) is 0 Å². The van der Waals surface area contributed by atoms with Crippen LogP contribution in [0.3, 0.4) is 0 Å². The molecule has 0 aliphatic heterocycles. The molecule has 3 nitrogen and oxygen atoms in total. The van der Waals surface area contributed by atoms with Gasteiger partial charge in [0.05, 0.1) is 17.2 Å². The van der Waals surface area contributed by atoms with Gasteiger partial charge in [-0.1, -0.05) is 6.92 Å². The van der Waals surface area contributed by atoms with Crippen molar-refractivity contribution < 1.29 is 9.90 Å². The van der Waals surface area contributed by atoms with Crippen LogP contribution in [0.1, 0.15) is 29.3 Å². The molecule has 1 aromatic rings. The first-order chi connectivity index (χ1) is 6.19. The van der Waals surface area contributed by atoms with Crippen molar-refractivity contribution in [1.82, 2.24) is 0 Å². The van der Waals surface area contributed by atoms with Gasteiger partial charge >= 0.3 is 0 Å². The molecule has 1 aromatic carbocycles. The molecule has 66 valence electrons. The summed E-state index contributed by atoms with van der Waals surface area (Å²) in [7, 11) is 0. The lowest BCUT2D eigenvalue weighted by Crippen LogP contribution is -1.96. The highest BCUT2D eigenvalue weighted by atomic mass is 16.3. The molecule has 1 N–H and O–H groups in total. The zero-order chi connectivity index (χ0) is 9.84. The van der Waals surface area contributed by atoms with E-state index in [9.17, 15) is 9.90 Å². The van der Waals surface area contributed by atoms with Crippen LogP contribution in [0, 0.1) is 11.3 Å². The summed E-state index contributed by atoms with van der Waals surface area (Å²) in [6.07, 6.45) is 0.347. The molecule has 0 spiro atoms. The van der Waals surface area contributed by atoms with Gasteiger partial charge in [-0.2, -0.15) is 5.26 Å². The maximum absolute atomic E-state index is 11.2. The summed E-state index contributed by atoms with van der Waals surface area (Å²) in [5.74, 6) is -0.243. The first kappa shape index (κ1) is 9.27. The number of carbonyl (C=O) groups excluding carboxylic acids is 1. The molecule has 0 aliphatic rings. The molecule has 0 aromatic heterocycles. The number of ketones is 1. The third-order valence-electron chi connectivity index (χ3n) is 1.75. The third-order valence-corrected chi connectivity index (χ3v) is 1.75. The van der Waals surface area contributed by atoms with Crippen molar-refractivity contribution in [3.8, 4) is 11.8 Å². The molecule has 13 heavy (non-hydrogen) atoms. The number of rotatable bonds is 2. The molecule has 0 fully saturated rings. The lowest BCUT2D eigenvalue weighted by atomic mass is 10.1. The zero-order valence-corrected chi connectivity index (χ0v) is 7.24. The Labute approximate surface area is 76.2 Å². The maximum atomic E-state index is 11.2. The molecule has 0 heterocycles. The van der Waals surface area contributed by atoms with E-state index in [-0.39, 0.29) is 17.1 Å². The van der Waals surface area contributed by atoms with Gasteiger partial charge < -0.3 is 5.11 Å². The summed E-state index contributed by atoms with van der Waals surface area (Å²) in [5.41, 5.74) is 0.631. The van der Waals surface area contributed by atoms with Gasteiger partial charge in [0, 0.05) is 6.42 Å². The monoisotopic (exact) mass is 175 g/mol. The predicted octanol–water partition coefficient (Wildman–Crippen LogP) is 1.86. The molecule has 3 heteroatoms. The number of Topliss-reactive ketones (excluding diaryl/α,β-unsaturated/α-hetero) is 1. The van der Waals surface area contributed by atoms with Gasteiger partial charge in [0.15, 0.2) is 5.78 Å². The summed E-state index contributed by atoms with van der Waals surface area (Å²) >= 11 is 0. The van der Waals surface area contributed by atoms with Crippen molar-refractivity contribution in [1.29, 1.82) is 5.26 Å². The molecule has 0 radical (unpaired) electrons. The Hall–Kier alpha value is -1.82. The third kappa shape index (κ3) is 1.85. The van der Waals surface area contributed by atoms with Gasteiger partial charge in [0.1, 0.15) is 5.75 Å². The second-order valence-electron chi connectivity index (χ2n) is 2.62. The second-order valence-corrected chi connectivity index (χ2v) is 2.62. The van der Waals surface area contributed by atoms with Crippen LogP contribution in [0.25, 0.3) is 0 Å². The lowest BCUT2D eigenvalue weighted by molar-refractivity contribution is 0.0985. The van der Waals surface area contributed by atoms with Crippen molar-refractivity contribution in [3.63, 3.8) is 0 Å². The zero-order valence-electron chi connectivity index (χ0n) is 7.24. The van der Waals surface area contributed by atoms with E-state index in [1.165, 1.54) is 18.2 Å². The van der Waals surface area contributed by atoms with Crippen molar-refractivity contribution in [2.45, 2.75) is 13.3 Å². The van der Waals surface area contributed by atoms with Crippen molar-refractivity contribution in [2.75, 3.05) is 0 Å². The quantitative estimate of drug-likeness (QED) is 0.698. The average Bonchev–Trinajstić information content (AvgIpc) is 2.16. The number of nitrogens with zero attached hydrogens (tertiary/aromatic N) is 1. The van der Waals surface area contributed by atoms with Gasteiger partial charge in [-0.15, -0.1) is 0 Å². The van der Waals surface area contributed by atoms with Crippen LogP contribution < -0.4 is 0 Å². The van der Waals surface area contributed by atoms with Crippen molar-refractivity contribution in [3.05, 3.63) is 29.3 Å². The van der Waals surface area contributed by atoms with Crippen LogP contribution in [-0.2, 0) is 0 Å². The van der Waals surface area contributed by atoms with E-state index in [1.54, 1.807) is 6.92 Å². The molecule has 0 amide bonds. The SMILES string of the molecule is CCC(=O)c1ccc(C#N)cc1O. The summed E-state index contributed by atoms with van der Waals surface area (Å²) < 4.78 is 0. The Morgan fingerprint density at radius 2 is 2.31 bits per heavy atom. The van der Waals surface area contributed by atoms with Gasteiger partial charge in [-0.05, 0) is 18.2 Å². The van der Waals surface area contributed by atoms with Crippen molar-refractivity contribution in [2.24, 2.45) is 0 Å². The Morgan fingerprint density at radius 3 is 2.77 bits per heavy atom. The van der Waals surface area contributed by atoms with Gasteiger partial charge in [-0.25, -0.2) is 0 Å². The highest BCUT2D eigenvalue weighted by Crippen LogP contribution is 2.19. The minimum Gasteiger partial charge on any atom is -0.507 e. The Kier molecular flexibility index (Phi) is 2.65. The van der Waals surface area contributed by atoms with E-state index in [0.29, 0.717) is 12.0 Å². The maximum Gasteiger partial charge on any atom is 0.166 e. The number of benzene rings is 1. The number of phenolic OH excluding ortho intramolecular Hbond substituents is 1. The van der Waals surface area contributed by atoms with Crippen molar-refractivity contribution >= 4 is 5.78 Å². The van der Waals surface area contributed by atoms with E-state index < -0.39 is 0 Å². The first-order valence-corrected chi connectivity index (χ1v) is 3.95. The fourth-order valence-corrected chi connectivity index (χ4v) is 1.03. The molecular formula is C10H9NO2. The minimum absolute atomic E-state index is 0.120.